The van der Waals surface area contributed by atoms with Gasteiger partial charge in [0.25, 0.3) is 5.91 Å². The number of nitrogens with one attached hydrogen (secondary N) is 2. The standard InChI is InChI=1S/C31H41F3N4O4/c1-20-16-38(21(2)19-39)29(40)25-10-7-11-26(36-30(41)35-24-14-12-23(13-15-24)31(32,33)34)28(25)42-27(20)18-37(3)17-22-8-5-4-6-9-22/h7,10-15,20-22,27,39H,4-6,8-9,16-19H2,1-3H3,(H2,35,36,41)/t20-,21-,27+/m0/s1. The third-order valence-electron chi connectivity index (χ3n) is 8.20. The molecule has 2 aromatic rings. The average Bonchev–Trinajstić information content (AvgIpc) is 2.95. The maximum absolute atomic E-state index is 13.7. The van der Waals surface area contributed by atoms with Crippen molar-refractivity contribution in [1.29, 1.82) is 0 Å². The summed E-state index contributed by atoms with van der Waals surface area (Å²) in [4.78, 5) is 30.5. The second-order valence-corrected chi connectivity index (χ2v) is 11.7. The fraction of sp³-hybridized carbons (Fsp3) is 0.548. The highest BCUT2D eigenvalue weighted by Crippen LogP contribution is 2.36. The number of likely N-dealkylation sites (N-methyl/N-ethyl adjacent to an activating group) is 1. The van der Waals surface area contributed by atoms with E-state index in [0.717, 1.165) is 18.7 Å². The van der Waals surface area contributed by atoms with Gasteiger partial charge in [0.05, 0.1) is 29.5 Å². The van der Waals surface area contributed by atoms with Crippen molar-refractivity contribution in [1.82, 2.24) is 9.80 Å². The number of fused-ring (bicyclic) bond motifs is 1. The molecule has 0 aromatic heterocycles. The number of benzene rings is 2. The Morgan fingerprint density at radius 3 is 2.43 bits per heavy atom. The zero-order valence-corrected chi connectivity index (χ0v) is 24.4. The van der Waals surface area contributed by atoms with Gasteiger partial charge in [0.15, 0.2) is 5.75 Å². The topological polar surface area (TPSA) is 94.1 Å². The number of alkyl halides is 3. The van der Waals surface area contributed by atoms with Gasteiger partial charge in [-0.05, 0) is 69.1 Å². The molecule has 4 rings (SSSR count). The Morgan fingerprint density at radius 2 is 1.79 bits per heavy atom. The fourth-order valence-corrected chi connectivity index (χ4v) is 5.78. The largest absolute Gasteiger partial charge is 0.486 e. The van der Waals surface area contributed by atoms with Crippen LogP contribution in [0.5, 0.6) is 5.75 Å². The summed E-state index contributed by atoms with van der Waals surface area (Å²) in [6.07, 6.45) is 1.42. The van der Waals surface area contributed by atoms with E-state index in [4.69, 9.17) is 4.74 Å². The lowest BCUT2D eigenvalue weighted by Gasteiger charge is -2.39. The van der Waals surface area contributed by atoms with Crippen LogP contribution in [0.25, 0.3) is 0 Å². The van der Waals surface area contributed by atoms with Crippen molar-refractivity contribution < 1.29 is 32.6 Å². The quantitative estimate of drug-likeness (QED) is 0.347. The van der Waals surface area contributed by atoms with Gasteiger partial charge in [0.1, 0.15) is 6.10 Å². The van der Waals surface area contributed by atoms with Crippen LogP contribution in [0.3, 0.4) is 0 Å². The summed E-state index contributed by atoms with van der Waals surface area (Å²) >= 11 is 0. The van der Waals surface area contributed by atoms with E-state index in [1.165, 1.54) is 44.2 Å². The summed E-state index contributed by atoms with van der Waals surface area (Å²) in [6, 6.07) is 7.89. The van der Waals surface area contributed by atoms with Crippen molar-refractivity contribution in [3.05, 3.63) is 53.6 Å². The molecule has 42 heavy (non-hydrogen) atoms. The molecule has 1 aliphatic heterocycles. The summed E-state index contributed by atoms with van der Waals surface area (Å²) in [5.74, 6) is 0.458. The lowest BCUT2D eigenvalue weighted by molar-refractivity contribution is -0.137. The molecule has 0 unspecified atom stereocenters. The van der Waals surface area contributed by atoms with Crippen molar-refractivity contribution in [3.8, 4) is 5.75 Å². The number of hydrogen-bond donors (Lipinski definition) is 3. The number of ether oxygens (including phenoxy) is 1. The van der Waals surface area contributed by atoms with Gasteiger partial charge in [-0.2, -0.15) is 13.2 Å². The van der Waals surface area contributed by atoms with Gasteiger partial charge in [-0.25, -0.2) is 4.79 Å². The number of nitrogens with zero attached hydrogens (tertiary/aromatic N) is 2. The lowest BCUT2D eigenvalue weighted by Crippen LogP contribution is -2.50. The first-order valence-electron chi connectivity index (χ1n) is 14.6. The van der Waals surface area contributed by atoms with Gasteiger partial charge in [-0.1, -0.05) is 32.3 Å². The lowest BCUT2D eigenvalue weighted by atomic mass is 9.89. The van der Waals surface area contributed by atoms with Crippen molar-refractivity contribution in [2.45, 2.75) is 64.3 Å². The van der Waals surface area contributed by atoms with E-state index in [-0.39, 0.29) is 47.2 Å². The van der Waals surface area contributed by atoms with Gasteiger partial charge in [-0.3, -0.25) is 4.79 Å². The van der Waals surface area contributed by atoms with Gasteiger partial charge in [0, 0.05) is 31.2 Å². The zero-order valence-electron chi connectivity index (χ0n) is 24.4. The molecule has 8 nitrogen and oxygen atoms in total. The molecule has 1 aliphatic carbocycles. The van der Waals surface area contributed by atoms with Gasteiger partial charge in [-0.15, -0.1) is 0 Å². The molecule has 1 saturated carbocycles. The fourth-order valence-electron chi connectivity index (χ4n) is 5.78. The molecule has 2 aromatic carbocycles. The number of carbonyl (C=O) groups is 2. The number of hydrogen-bond acceptors (Lipinski definition) is 5. The van der Waals surface area contributed by atoms with Crippen LogP contribution in [0.4, 0.5) is 29.3 Å². The Kier molecular flexibility index (Phi) is 10.4. The van der Waals surface area contributed by atoms with E-state index >= 15 is 0 Å². The van der Waals surface area contributed by atoms with Crippen LogP contribution in [0.1, 0.15) is 61.9 Å². The van der Waals surface area contributed by atoms with Crippen molar-refractivity contribution in [2.24, 2.45) is 11.8 Å². The molecule has 0 spiro atoms. The summed E-state index contributed by atoms with van der Waals surface area (Å²) < 4.78 is 45.3. The highest BCUT2D eigenvalue weighted by molar-refractivity contribution is 6.04. The summed E-state index contributed by atoms with van der Waals surface area (Å²) in [7, 11) is 2.07. The van der Waals surface area contributed by atoms with Gasteiger partial charge < -0.3 is 30.3 Å². The second-order valence-electron chi connectivity index (χ2n) is 11.7. The van der Waals surface area contributed by atoms with Crippen LogP contribution >= 0.6 is 0 Å². The predicted octanol–water partition coefficient (Wildman–Crippen LogP) is 6.08. The predicted molar refractivity (Wildman–Crippen MR) is 156 cm³/mol. The van der Waals surface area contributed by atoms with Crippen LogP contribution in [-0.2, 0) is 6.18 Å². The molecule has 2 aliphatic rings. The van der Waals surface area contributed by atoms with E-state index < -0.39 is 23.8 Å². The van der Waals surface area contributed by atoms with Gasteiger partial charge in [0.2, 0.25) is 0 Å². The molecule has 11 heteroatoms. The molecule has 3 amide bonds. The van der Waals surface area contributed by atoms with E-state index in [9.17, 15) is 27.9 Å². The number of anilines is 2. The minimum atomic E-state index is -4.48. The number of aliphatic hydroxyl groups excluding tert-OH is 1. The first kappa shape index (κ1) is 31.6. The highest BCUT2D eigenvalue weighted by Gasteiger charge is 2.35. The maximum atomic E-state index is 13.7. The molecular formula is C31H41F3N4O4. The second kappa shape index (κ2) is 13.8. The molecule has 1 fully saturated rings. The Morgan fingerprint density at radius 1 is 1.10 bits per heavy atom. The Hall–Kier alpha value is -3.31. The number of para-hydroxylation sites is 1. The molecule has 1 heterocycles. The van der Waals surface area contributed by atoms with Crippen LogP contribution in [-0.4, -0.2) is 72.3 Å². The third kappa shape index (κ3) is 7.95. The van der Waals surface area contributed by atoms with E-state index in [0.29, 0.717) is 19.0 Å². The number of urea groups is 1. The number of carbonyl (C=O) groups excluding carboxylic acids is 2. The molecule has 0 bridgehead atoms. The third-order valence-corrected chi connectivity index (χ3v) is 8.20. The van der Waals surface area contributed by atoms with Crippen molar-refractivity contribution in [3.63, 3.8) is 0 Å². The van der Waals surface area contributed by atoms with Crippen LogP contribution in [0.2, 0.25) is 0 Å². The SMILES string of the molecule is C[C@H]1CN([C@@H](C)CO)C(=O)c2cccc(NC(=O)Nc3ccc(C(F)(F)F)cc3)c2O[C@@H]1CN(C)CC1CCCCC1. The molecule has 0 radical (unpaired) electrons. The van der Waals surface area contributed by atoms with Crippen LogP contribution in [0, 0.1) is 11.8 Å². The summed E-state index contributed by atoms with van der Waals surface area (Å²) in [5.41, 5.74) is -0.124. The molecule has 3 N–H and O–H groups in total. The first-order chi connectivity index (χ1) is 20.0. The zero-order chi connectivity index (χ0) is 30.4. The summed E-state index contributed by atoms with van der Waals surface area (Å²) in [5, 5.41) is 15.2. The monoisotopic (exact) mass is 590 g/mol. The number of amides is 3. The summed E-state index contributed by atoms with van der Waals surface area (Å²) in [6.45, 7) is 5.56. The Bertz CT molecular complexity index is 1220. The van der Waals surface area contributed by atoms with Gasteiger partial charge >= 0.3 is 12.2 Å². The number of halogens is 3. The molecule has 0 saturated heterocycles. The van der Waals surface area contributed by atoms with E-state index in [1.54, 1.807) is 30.0 Å². The Balaban J connectivity index is 1.58. The van der Waals surface area contributed by atoms with Crippen molar-refractivity contribution >= 4 is 23.3 Å². The normalized spacial score (nSPS) is 20.8. The first-order valence-corrected chi connectivity index (χ1v) is 14.6. The molecular weight excluding hydrogens is 549 g/mol. The number of rotatable bonds is 8. The smallest absolute Gasteiger partial charge is 0.416 e. The van der Waals surface area contributed by atoms with E-state index in [1.807, 2.05) is 6.92 Å². The van der Waals surface area contributed by atoms with E-state index in [2.05, 4.69) is 22.6 Å². The van der Waals surface area contributed by atoms with Crippen molar-refractivity contribution in [2.75, 3.05) is 43.9 Å². The van der Waals surface area contributed by atoms with Crippen LogP contribution < -0.4 is 15.4 Å². The minimum Gasteiger partial charge on any atom is -0.486 e. The average molecular weight is 591 g/mol. The molecule has 230 valence electrons. The molecule has 3 atom stereocenters. The Labute approximate surface area is 245 Å². The minimum absolute atomic E-state index is 0.0843. The number of aliphatic hydroxyl groups is 1. The maximum Gasteiger partial charge on any atom is 0.416 e. The highest BCUT2D eigenvalue weighted by atomic mass is 19.4. The van der Waals surface area contributed by atoms with Crippen LogP contribution in [0.15, 0.2) is 42.5 Å².